The number of nitrogens with zero attached hydrogens (tertiary/aromatic N) is 2. The first-order valence-corrected chi connectivity index (χ1v) is 6.25. The summed E-state index contributed by atoms with van der Waals surface area (Å²) in [6.07, 6.45) is 7.95. The zero-order valence-corrected chi connectivity index (χ0v) is 10.5. The summed E-state index contributed by atoms with van der Waals surface area (Å²) in [6, 6.07) is 0. The third-order valence-electron chi connectivity index (χ3n) is 4.14. The molecule has 90 valence electrons. The molecule has 1 aliphatic carbocycles. The van der Waals surface area contributed by atoms with Crippen molar-refractivity contribution in [3.05, 3.63) is 18.2 Å². The second kappa shape index (κ2) is 3.88. The first-order valence-electron chi connectivity index (χ1n) is 6.25. The molecule has 1 aliphatic rings. The van der Waals surface area contributed by atoms with Gasteiger partial charge in [-0.2, -0.15) is 0 Å². The third kappa shape index (κ3) is 1.58. The van der Waals surface area contributed by atoms with E-state index in [0.717, 1.165) is 31.6 Å². The third-order valence-corrected chi connectivity index (χ3v) is 4.14. The Bertz CT molecular complexity index is 370. The van der Waals surface area contributed by atoms with Crippen molar-refractivity contribution in [3.63, 3.8) is 0 Å². The molecule has 1 heterocycles. The summed E-state index contributed by atoms with van der Waals surface area (Å²) in [4.78, 5) is 4.39. The highest BCUT2D eigenvalue weighted by Crippen LogP contribution is 2.49. The van der Waals surface area contributed by atoms with Gasteiger partial charge in [0, 0.05) is 24.4 Å². The minimum atomic E-state index is -0.759. The van der Waals surface area contributed by atoms with E-state index in [1.54, 1.807) is 6.20 Å². The van der Waals surface area contributed by atoms with Crippen LogP contribution in [0.4, 0.5) is 0 Å². The number of aryl methyl sites for hydroxylation is 1. The topological polar surface area (TPSA) is 38.0 Å². The van der Waals surface area contributed by atoms with Crippen molar-refractivity contribution in [2.45, 2.75) is 58.6 Å². The van der Waals surface area contributed by atoms with Gasteiger partial charge in [0.1, 0.15) is 11.4 Å². The summed E-state index contributed by atoms with van der Waals surface area (Å²) in [5.41, 5.74) is -0.839. The lowest BCUT2D eigenvalue weighted by atomic mass is 9.65. The zero-order valence-electron chi connectivity index (χ0n) is 10.5. The van der Waals surface area contributed by atoms with Crippen LogP contribution in [0.15, 0.2) is 12.4 Å². The average molecular weight is 222 g/mol. The molecule has 0 spiro atoms. The minimum Gasteiger partial charge on any atom is -0.381 e. The maximum atomic E-state index is 11.0. The molecular weight excluding hydrogens is 200 g/mol. The Hall–Kier alpha value is -0.830. The van der Waals surface area contributed by atoms with Gasteiger partial charge in [-0.1, -0.05) is 26.7 Å². The van der Waals surface area contributed by atoms with Crippen molar-refractivity contribution in [1.82, 2.24) is 9.55 Å². The number of hydrogen-bond donors (Lipinski definition) is 1. The Morgan fingerprint density at radius 3 is 2.69 bits per heavy atom. The van der Waals surface area contributed by atoms with Crippen LogP contribution in [0.3, 0.4) is 0 Å². The van der Waals surface area contributed by atoms with Crippen LogP contribution in [0.25, 0.3) is 0 Å². The summed E-state index contributed by atoms with van der Waals surface area (Å²) in [7, 11) is 0. The first kappa shape index (κ1) is 11.6. The maximum absolute atomic E-state index is 11.0. The van der Waals surface area contributed by atoms with Gasteiger partial charge in [0.15, 0.2) is 0 Å². The number of hydrogen-bond acceptors (Lipinski definition) is 2. The van der Waals surface area contributed by atoms with Crippen molar-refractivity contribution in [2.24, 2.45) is 5.41 Å². The van der Waals surface area contributed by atoms with Gasteiger partial charge in [-0.25, -0.2) is 4.98 Å². The van der Waals surface area contributed by atoms with Crippen LogP contribution in [0, 0.1) is 5.41 Å². The van der Waals surface area contributed by atoms with Gasteiger partial charge in [-0.3, -0.25) is 0 Å². The van der Waals surface area contributed by atoms with E-state index in [2.05, 4.69) is 30.3 Å². The van der Waals surface area contributed by atoms with E-state index in [-0.39, 0.29) is 5.41 Å². The van der Waals surface area contributed by atoms with Crippen LogP contribution < -0.4 is 0 Å². The van der Waals surface area contributed by atoms with Crippen LogP contribution in [0.5, 0.6) is 0 Å². The molecule has 1 atom stereocenters. The fourth-order valence-corrected chi connectivity index (χ4v) is 2.84. The van der Waals surface area contributed by atoms with Gasteiger partial charge >= 0.3 is 0 Å². The molecule has 3 heteroatoms. The molecule has 0 aliphatic heterocycles. The zero-order chi connectivity index (χ0) is 11.8. The normalized spacial score (nSPS) is 29.2. The Morgan fingerprint density at radius 2 is 2.06 bits per heavy atom. The van der Waals surface area contributed by atoms with E-state index in [1.165, 1.54) is 6.42 Å². The Labute approximate surface area is 97.5 Å². The van der Waals surface area contributed by atoms with Gasteiger partial charge < -0.3 is 9.67 Å². The molecule has 16 heavy (non-hydrogen) atoms. The fourth-order valence-electron chi connectivity index (χ4n) is 2.84. The minimum absolute atomic E-state index is 0.0798. The van der Waals surface area contributed by atoms with E-state index >= 15 is 0 Å². The summed E-state index contributed by atoms with van der Waals surface area (Å²) in [5.74, 6) is 0.847. The van der Waals surface area contributed by atoms with Crippen molar-refractivity contribution in [3.8, 4) is 0 Å². The largest absolute Gasteiger partial charge is 0.381 e. The Morgan fingerprint density at radius 1 is 1.38 bits per heavy atom. The average Bonchev–Trinajstić information content (AvgIpc) is 2.70. The molecule has 1 aromatic rings. The quantitative estimate of drug-likeness (QED) is 0.835. The van der Waals surface area contributed by atoms with Crippen LogP contribution in [-0.4, -0.2) is 14.7 Å². The van der Waals surface area contributed by atoms with Crippen molar-refractivity contribution < 1.29 is 5.11 Å². The molecule has 1 N–H and O–H groups in total. The van der Waals surface area contributed by atoms with Crippen molar-refractivity contribution in [2.75, 3.05) is 0 Å². The fraction of sp³-hybridized carbons (Fsp3) is 0.769. The van der Waals surface area contributed by atoms with Gasteiger partial charge in [-0.15, -0.1) is 0 Å². The SMILES string of the molecule is CCn1ccnc1C1(O)CCCCC1(C)C. The van der Waals surface area contributed by atoms with Gasteiger partial charge in [0.05, 0.1) is 0 Å². The summed E-state index contributed by atoms with van der Waals surface area (Å²) in [5, 5.41) is 11.0. The summed E-state index contributed by atoms with van der Waals surface area (Å²) in [6.45, 7) is 7.26. The molecule has 1 aromatic heterocycles. The molecule has 0 amide bonds. The van der Waals surface area contributed by atoms with E-state index in [1.807, 2.05) is 6.20 Å². The molecule has 0 saturated heterocycles. The highest BCUT2D eigenvalue weighted by atomic mass is 16.3. The molecule has 1 fully saturated rings. The van der Waals surface area contributed by atoms with Crippen molar-refractivity contribution >= 4 is 0 Å². The molecule has 0 radical (unpaired) electrons. The van der Waals surface area contributed by atoms with E-state index in [4.69, 9.17) is 0 Å². The summed E-state index contributed by atoms with van der Waals surface area (Å²) < 4.78 is 2.06. The molecule has 1 unspecified atom stereocenters. The summed E-state index contributed by atoms with van der Waals surface area (Å²) >= 11 is 0. The van der Waals surface area contributed by atoms with Gasteiger partial charge in [-0.05, 0) is 19.8 Å². The molecule has 1 saturated carbocycles. The smallest absolute Gasteiger partial charge is 0.141 e. The van der Waals surface area contributed by atoms with E-state index < -0.39 is 5.60 Å². The second-order valence-electron chi connectivity index (χ2n) is 5.49. The maximum Gasteiger partial charge on any atom is 0.141 e. The monoisotopic (exact) mass is 222 g/mol. The number of rotatable bonds is 2. The molecular formula is C13H22N2O. The highest BCUT2D eigenvalue weighted by molar-refractivity contribution is 5.12. The number of aromatic nitrogens is 2. The standard InChI is InChI=1S/C13H22N2O/c1-4-15-10-9-14-11(15)13(16)8-6-5-7-12(13,2)3/h9-10,16H,4-8H2,1-3H3. The van der Waals surface area contributed by atoms with E-state index in [9.17, 15) is 5.11 Å². The predicted octanol–water partition coefficient (Wildman–Crippen LogP) is 2.69. The Kier molecular flexibility index (Phi) is 2.82. The number of imidazole rings is 1. The van der Waals surface area contributed by atoms with Gasteiger partial charge in [0.25, 0.3) is 0 Å². The van der Waals surface area contributed by atoms with Crippen LogP contribution >= 0.6 is 0 Å². The lowest BCUT2D eigenvalue weighted by Gasteiger charge is -2.45. The first-order chi connectivity index (χ1) is 7.51. The Balaban J connectivity index is 2.43. The van der Waals surface area contributed by atoms with Gasteiger partial charge in [0.2, 0.25) is 0 Å². The molecule has 2 rings (SSSR count). The molecule has 0 bridgehead atoms. The predicted molar refractivity (Wildman–Crippen MR) is 64.0 cm³/mol. The number of aliphatic hydroxyl groups is 1. The molecule has 0 aromatic carbocycles. The highest BCUT2D eigenvalue weighted by Gasteiger charge is 2.48. The molecule has 3 nitrogen and oxygen atoms in total. The lowest BCUT2D eigenvalue weighted by molar-refractivity contribution is -0.112. The van der Waals surface area contributed by atoms with E-state index in [0.29, 0.717) is 0 Å². The van der Waals surface area contributed by atoms with Crippen LogP contribution in [-0.2, 0) is 12.1 Å². The lowest BCUT2D eigenvalue weighted by Crippen LogP contribution is -2.46. The second-order valence-corrected chi connectivity index (χ2v) is 5.49. The van der Waals surface area contributed by atoms with Crippen LogP contribution in [0.2, 0.25) is 0 Å². The van der Waals surface area contributed by atoms with Crippen molar-refractivity contribution in [1.29, 1.82) is 0 Å². The van der Waals surface area contributed by atoms with Crippen LogP contribution in [0.1, 0.15) is 52.3 Å².